The Morgan fingerprint density at radius 1 is 1.62 bits per heavy atom. The molecule has 0 aliphatic carbocycles. The Balaban J connectivity index is 2.58. The molecule has 2 unspecified atom stereocenters. The van der Waals surface area contributed by atoms with Gasteiger partial charge in [0.25, 0.3) is 0 Å². The summed E-state index contributed by atoms with van der Waals surface area (Å²) in [5.74, 6) is 0.700. The molecule has 1 aliphatic heterocycles. The number of carbonyl (C=O) groups excluding carboxylic acids is 1. The van der Waals surface area contributed by atoms with Gasteiger partial charge in [-0.25, -0.2) is 0 Å². The number of nitrogens with one attached hydrogen (secondary N) is 1. The minimum Gasteiger partial charge on any atom is -0.327 e. The van der Waals surface area contributed by atoms with Crippen LogP contribution < -0.4 is 5.32 Å². The molecule has 1 rings (SSSR count). The predicted molar refractivity (Wildman–Crippen MR) is 70.6 cm³/mol. The number of hydrogen-bond acceptors (Lipinski definition) is 3. The van der Waals surface area contributed by atoms with Gasteiger partial charge < -0.3 is 4.90 Å². The molecule has 0 bridgehead atoms. The van der Waals surface area contributed by atoms with Gasteiger partial charge in [0.2, 0.25) is 5.91 Å². The summed E-state index contributed by atoms with van der Waals surface area (Å²) in [6.07, 6.45) is 3.14. The molecule has 0 radical (unpaired) electrons. The zero-order valence-electron chi connectivity index (χ0n) is 11.0. The largest absolute Gasteiger partial charge is 0.327 e. The number of amides is 1. The monoisotopic (exact) mass is 244 g/mol. The van der Waals surface area contributed by atoms with E-state index in [1.54, 1.807) is 0 Å². The maximum atomic E-state index is 12.2. The molecule has 94 valence electrons. The lowest BCUT2D eigenvalue weighted by atomic mass is 9.99. The number of rotatable bonds is 5. The van der Waals surface area contributed by atoms with Gasteiger partial charge in [0, 0.05) is 11.3 Å². The molecular formula is C12H24N2OS. The molecule has 4 heteroatoms. The summed E-state index contributed by atoms with van der Waals surface area (Å²) in [6, 6.07) is 0.0302. The Morgan fingerprint density at radius 2 is 2.25 bits per heavy atom. The van der Waals surface area contributed by atoms with Crippen LogP contribution in [0.1, 0.15) is 34.1 Å². The van der Waals surface area contributed by atoms with E-state index in [2.05, 4.69) is 39.3 Å². The van der Waals surface area contributed by atoms with Crippen molar-refractivity contribution < 1.29 is 4.79 Å². The number of nitrogens with zero attached hydrogens (tertiary/aromatic N) is 1. The van der Waals surface area contributed by atoms with Crippen molar-refractivity contribution in [1.29, 1.82) is 0 Å². The first-order chi connectivity index (χ1) is 7.41. The first-order valence-corrected chi connectivity index (χ1v) is 7.21. The van der Waals surface area contributed by atoms with Crippen LogP contribution >= 0.6 is 11.8 Å². The fraction of sp³-hybridized carbons (Fsp3) is 0.917. The molecule has 1 saturated heterocycles. The molecule has 2 atom stereocenters. The maximum absolute atomic E-state index is 12.2. The van der Waals surface area contributed by atoms with Crippen LogP contribution in [0.15, 0.2) is 0 Å². The maximum Gasteiger partial charge on any atom is 0.241 e. The molecule has 1 fully saturated rings. The van der Waals surface area contributed by atoms with Gasteiger partial charge in [-0.05, 0) is 26.0 Å². The molecule has 0 spiro atoms. The van der Waals surface area contributed by atoms with E-state index in [0.717, 1.165) is 13.0 Å². The minimum absolute atomic E-state index is 0.0302. The average molecular weight is 244 g/mol. The number of thioether (sulfide) groups is 1. The van der Waals surface area contributed by atoms with Crippen molar-refractivity contribution >= 4 is 17.7 Å². The second kappa shape index (κ2) is 5.41. The molecular weight excluding hydrogens is 220 g/mol. The summed E-state index contributed by atoms with van der Waals surface area (Å²) < 4.78 is 0.141. The van der Waals surface area contributed by atoms with Crippen molar-refractivity contribution in [3.63, 3.8) is 0 Å². The molecule has 0 aromatic carbocycles. The first kappa shape index (κ1) is 13.8. The second-order valence-electron chi connectivity index (χ2n) is 5.23. The van der Waals surface area contributed by atoms with Gasteiger partial charge in [0.15, 0.2) is 0 Å². The lowest BCUT2D eigenvalue weighted by Crippen LogP contribution is -2.40. The third kappa shape index (κ3) is 3.14. The van der Waals surface area contributed by atoms with Gasteiger partial charge in [0.1, 0.15) is 0 Å². The minimum atomic E-state index is 0.0302. The Labute approximate surface area is 103 Å². The number of hydrogen-bond donors (Lipinski definition) is 1. The molecule has 0 aromatic heterocycles. The second-order valence-corrected chi connectivity index (χ2v) is 6.74. The zero-order chi connectivity index (χ0) is 12.3. The van der Waals surface area contributed by atoms with Crippen LogP contribution in [0.3, 0.4) is 0 Å². The summed E-state index contributed by atoms with van der Waals surface area (Å²) in [5.41, 5.74) is 0. The highest BCUT2D eigenvalue weighted by atomic mass is 32.2. The molecule has 1 aliphatic rings. The Kier molecular flexibility index (Phi) is 4.68. The van der Waals surface area contributed by atoms with Crippen molar-refractivity contribution in [2.45, 2.75) is 44.9 Å². The van der Waals surface area contributed by atoms with Crippen LogP contribution in [0.25, 0.3) is 0 Å². The van der Waals surface area contributed by atoms with Crippen LogP contribution in [0.5, 0.6) is 0 Å². The van der Waals surface area contributed by atoms with E-state index in [9.17, 15) is 4.79 Å². The third-order valence-electron chi connectivity index (χ3n) is 3.42. The predicted octanol–water partition coefficient (Wildman–Crippen LogP) is 1.93. The van der Waals surface area contributed by atoms with Gasteiger partial charge in [-0.2, -0.15) is 11.8 Å². The van der Waals surface area contributed by atoms with Crippen LogP contribution in [-0.4, -0.2) is 41.1 Å². The van der Waals surface area contributed by atoms with E-state index in [1.165, 1.54) is 0 Å². The first-order valence-electron chi connectivity index (χ1n) is 5.98. The van der Waals surface area contributed by atoms with Gasteiger partial charge in [0.05, 0.1) is 12.7 Å². The van der Waals surface area contributed by atoms with Crippen LogP contribution in [0.2, 0.25) is 0 Å². The highest BCUT2D eigenvalue weighted by Gasteiger charge is 2.36. The fourth-order valence-electron chi connectivity index (χ4n) is 1.91. The lowest BCUT2D eigenvalue weighted by molar-refractivity contribution is -0.130. The molecule has 3 nitrogen and oxygen atoms in total. The molecule has 16 heavy (non-hydrogen) atoms. The summed E-state index contributed by atoms with van der Waals surface area (Å²) in [6.45, 7) is 10.2. The molecule has 0 saturated carbocycles. The highest BCUT2D eigenvalue weighted by Crippen LogP contribution is 2.24. The SMILES string of the molecule is CCC(C)C1NCN(CC(C)(C)SC)C1=O. The van der Waals surface area contributed by atoms with Crippen molar-refractivity contribution in [3.05, 3.63) is 0 Å². The smallest absolute Gasteiger partial charge is 0.241 e. The van der Waals surface area contributed by atoms with Gasteiger partial charge >= 0.3 is 0 Å². The molecule has 0 aromatic rings. The third-order valence-corrected chi connectivity index (χ3v) is 4.65. The van der Waals surface area contributed by atoms with Gasteiger partial charge in [-0.15, -0.1) is 0 Å². The van der Waals surface area contributed by atoms with E-state index in [-0.39, 0.29) is 16.7 Å². The summed E-state index contributed by atoms with van der Waals surface area (Å²) >= 11 is 1.81. The van der Waals surface area contributed by atoms with Crippen molar-refractivity contribution in [1.82, 2.24) is 10.2 Å². The van der Waals surface area contributed by atoms with E-state index in [0.29, 0.717) is 12.6 Å². The van der Waals surface area contributed by atoms with Crippen molar-refractivity contribution in [2.24, 2.45) is 5.92 Å². The highest BCUT2D eigenvalue weighted by molar-refractivity contribution is 7.99. The fourth-order valence-corrected chi connectivity index (χ4v) is 2.19. The van der Waals surface area contributed by atoms with Crippen LogP contribution in [0.4, 0.5) is 0 Å². The average Bonchev–Trinajstić information content (AvgIpc) is 2.59. The molecule has 1 N–H and O–H groups in total. The van der Waals surface area contributed by atoms with E-state index < -0.39 is 0 Å². The van der Waals surface area contributed by atoms with Crippen molar-refractivity contribution in [2.75, 3.05) is 19.5 Å². The quantitative estimate of drug-likeness (QED) is 0.802. The number of carbonyl (C=O) groups is 1. The van der Waals surface area contributed by atoms with E-state index >= 15 is 0 Å². The van der Waals surface area contributed by atoms with E-state index in [4.69, 9.17) is 0 Å². The summed E-state index contributed by atoms with van der Waals surface area (Å²) in [4.78, 5) is 14.1. The normalized spacial score (nSPS) is 23.9. The zero-order valence-corrected chi connectivity index (χ0v) is 11.9. The van der Waals surface area contributed by atoms with Gasteiger partial charge in [-0.1, -0.05) is 20.3 Å². The van der Waals surface area contributed by atoms with Gasteiger partial charge in [-0.3, -0.25) is 10.1 Å². The Morgan fingerprint density at radius 3 is 2.75 bits per heavy atom. The summed E-state index contributed by atoms with van der Waals surface area (Å²) in [5, 5.41) is 3.32. The molecule has 1 heterocycles. The molecule has 1 amide bonds. The lowest BCUT2D eigenvalue weighted by Gasteiger charge is -2.28. The summed E-state index contributed by atoms with van der Waals surface area (Å²) in [7, 11) is 0. The Bertz CT molecular complexity index is 255. The topological polar surface area (TPSA) is 32.3 Å². The van der Waals surface area contributed by atoms with Crippen LogP contribution in [0, 0.1) is 5.92 Å². The van der Waals surface area contributed by atoms with E-state index in [1.807, 2.05) is 16.7 Å². The Hall–Kier alpha value is -0.220. The standard InChI is InChI=1S/C12H24N2OS/c1-6-9(2)10-11(15)14(8-13-10)7-12(3,4)16-5/h9-10,13H,6-8H2,1-5H3. The van der Waals surface area contributed by atoms with Crippen LogP contribution in [-0.2, 0) is 4.79 Å². The van der Waals surface area contributed by atoms with Crippen molar-refractivity contribution in [3.8, 4) is 0 Å².